The molecule has 3 rings (SSSR count). The number of benzene rings is 1. The molecule has 1 aliphatic rings. The highest BCUT2D eigenvalue weighted by molar-refractivity contribution is 7.09. The summed E-state index contributed by atoms with van der Waals surface area (Å²) in [7, 11) is 0. The number of halogens is 1. The number of thiazole rings is 1. The summed E-state index contributed by atoms with van der Waals surface area (Å²) < 4.78 is 7.96. The van der Waals surface area contributed by atoms with Crippen molar-refractivity contribution >= 4 is 28.8 Å². The first-order valence-electron chi connectivity index (χ1n) is 9.39. The Morgan fingerprint density at radius 1 is 1.37 bits per heavy atom. The molecule has 0 saturated heterocycles. The Morgan fingerprint density at radius 3 is 2.67 bits per heavy atom. The monoisotopic (exact) mass is 406 g/mol. The number of rotatable bonds is 5. The molecule has 1 aliphatic carbocycles. The zero-order chi connectivity index (χ0) is 19.8. The summed E-state index contributed by atoms with van der Waals surface area (Å²) in [6, 6.07) is 5.16. The lowest BCUT2D eigenvalue weighted by molar-refractivity contribution is 0.0993. The predicted molar refractivity (Wildman–Crippen MR) is 111 cm³/mol. The van der Waals surface area contributed by atoms with E-state index in [0.29, 0.717) is 22.3 Å². The van der Waals surface area contributed by atoms with Gasteiger partial charge in [0.2, 0.25) is 0 Å². The molecule has 0 aliphatic heterocycles. The number of hydrogen-bond acceptors (Lipinski definition) is 3. The molecular weight excluding hydrogens is 380 g/mol. The Hall–Kier alpha value is -1.59. The number of amides is 1. The van der Waals surface area contributed by atoms with Crippen LogP contribution in [-0.2, 0) is 12.0 Å². The quantitative estimate of drug-likeness (QED) is 0.663. The molecule has 1 amide bonds. The van der Waals surface area contributed by atoms with Crippen LogP contribution in [0.5, 0.6) is 5.75 Å². The van der Waals surface area contributed by atoms with Crippen molar-refractivity contribution in [2.45, 2.75) is 65.5 Å². The van der Waals surface area contributed by atoms with Crippen molar-refractivity contribution in [2.24, 2.45) is 10.9 Å². The first kappa shape index (κ1) is 20.2. The molecule has 6 heteroatoms. The van der Waals surface area contributed by atoms with Gasteiger partial charge >= 0.3 is 0 Å². The molecule has 4 nitrogen and oxygen atoms in total. The molecular formula is C21H27ClN2O2S. The summed E-state index contributed by atoms with van der Waals surface area (Å²) in [5.74, 6) is 0.716. The summed E-state index contributed by atoms with van der Waals surface area (Å²) in [6.45, 7) is 11.6. The topological polar surface area (TPSA) is 43.6 Å². The predicted octanol–water partition coefficient (Wildman–Crippen LogP) is 5.44. The van der Waals surface area contributed by atoms with Crippen molar-refractivity contribution in [2.75, 3.05) is 0 Å². The van der Waals surface area contributed by atoms with Gasteiger partial charge in [0.1, 0.15) is 5.75 Å². The van der Waals surface area contributed by atoms with Crippen LogP contribution < -0.4 is 9.54 Å². The average molecular weight is 407 g/mol. The van der Waals surface area contributed by atoms with Gasteiger partial charge in [0.05, 0.1) is 11.7 Å². The molecule has 1 aromatic heterocycles. The van der Waals surface area contributed by atoms with Crippen LogP contribution in [0.2, 0.25) is 5.02 Å². The maximum Gasteiger partial charge on any atom is 0.283 e. The van der Waals surface area contributed by atoms with Crippen molar-refractivity contribution < 1.29 is 9.53 Å². The summed E-state index contributed by atoms with van der Waals surface area (Å²) in [4.78, 5) is 19.3. The molecule has 146 valence electrons. The van der Waals surface area contributed by atoms with E-state index in [2.05, 4.69) is 50.4 Å². The van der Waals surface area contributed by atoms with E-state index in [1.807, 2.05) is 0 Å². The van der Waals surface area contributed by atoms with Crippen molar-refractivity contribution in [3.05, 3.63) is 44.7 Å². The van der Waals surface area contributed by atoms with Crippen LogP contribution in [0.25, 0.3) is 0 Å². The number of ether oxygens (including phenoxy) is 1. The molecule has 1 saturated carbocycles. The normalized spacial score (nSPS) is 15.4. The van der Waals surface area contributed by atoms with Crippen LogP contribution in [0, 0.1) is 5.92 Å². The molecule has 0 N–H and O–H groups in total. The highest BCUT2D eigenvalue weighted by atomic mass is 35.5. The van der Waals surface area contributed by atoms with Gasteiger partial charge in [0.25, 0.3) is 5.91 Å². The van der Waals surface area contributed by atoms with Gasteiger partial charge in [-0.25, -0.2) is 0 Å². The van der Waals surface area contributed by atoms with Crippen LogP contribution in [0.1, 0.15) is 62.7 Å². The fourth-order valence-corrected chi connectivity index (χ4v) is 3.85. The molecule has 27 heavy (non-hydrogen) atoms. The van der Waals surface area contributed by atoms with Gasteiger partial charge in [-0.2, -0.15) is 4.99 Å². The Kier molecular flexibility index (Phi) is 5.82. The Balaban J connectivity index is 2.01. The van der Waals surface area contributed by atoms with E-state index >= 15 is 0 Å². The highest BCUT2D eigenvalue weighted by Gasteiger charge is 2.26. The number of carbonyl (C=O) groups is 1. The second-order valence-electron chi connectivity index (χ2n) is 8.55. The van der Waals surface area contributed by atoms with Crippen LogP contribution in [0.4, 0.5) is 0 Å². The number of nitrogens with zero attached hydrogens (tertiary/aromatic N) is 2. The SMILES string of the molecule is CC(C)Cn1cc(C(C)(C)C)sc1=NC(=O)c1cc(Cl)ccc1OC1CC1. The number of carbonyl (C=O) groups excluding carboxylic acids is 1. The summed E-state index contributed by atoms with van der Waals surface area (Å²) >= 11 is 7.70. The second kappa shape index (κ2) is 7.80. The molecule has 2 aromatic rings. The summed E-state index contributed by atoms with van der Waals surface area (Å²) in [5, 5.41) is 0.508. The molecule has 0 bridgehead atoms. The van der Waals surface area contributed by atoms with Gasteiger partial charge in [-0.3, -0.25) is 4.79 Å². The number of aromatic nitrogens is 1. The molecule has 0 spiro atoms. The largest absolute Gasteiger partial charge is 0.490 e. The fraction of sp³-hybridized carbons (Fsp3) is 0.524. The fourth-order valence-electron chi connectivity index (χ4n) is 2.62. The second-order valence-corrected chi connectivity index (χ2v) is 9.99. The Labute approximate surface area is 169 Å². The molecule has 0 atom stereocenters. The van der Waals surface area contributed by atoms with Crippen molar-refractivity contribution in [3.63, 3.8) is 0 Å². The summed E-state index contributed by atoms with van der Waals surface area (Å²) in [5.41, 5.74) is 0.437. The molecule has 0 unspecified atom stereocenters. The lowest BCUT2D eigenvalue weighted by Gasteiger charge is -2.14. The molecule has 1 aromatic carbocycles. The van der Waals surface area contributed by atoms with E-state index in [1.54, 1.807) is 29.5 Å². The lowest BCUT2D eigenvalue weighted by Crippen LogP contribution is -2.19. The maximum absolute atomic E-state index is 13.0. The van der Waals surface area contributed by atoms with Gasteiger partial charge in [-0.05, 0) is 42.4 Å². The molecule has 1 heterocycles. The van der Waals surface area contributed by atoms with Gasteiger partial charge in [-0.1, -0.05) is 46.2 Å². The van der Waals surface area contributed by atoms with E-state index in [4.69, 9.17) is 16.3 Å². The maximum atomic E-state index is 13.0. The smallest absolute Gasteiger partial charge is 0.283 e. The minimum atomic E-state index is -0.312. The van der Waals surface area contributed by atoms with E-state index in [-0.39, 0.29) is 17.4 Å². The van der Waals surface area contributed by atoms with Crippen molar-refractivity contribution in [1.82, 2.24) is 4.57 Å². The Morgan fingerprint density at radius 2 is 2.07 bits per heavy atom. The molecule has 0 radical (unpaired) electrons. The molecule has 1 fully saturated rings. The summed E-state index contributed by atoms with van der Waals surface area (Å²) in [6.07, 6.45) is 4.39. The van der Waals surface area contributed by atoms with Crippen LogP contribution in [0.3, 0.4) is 0 Å². The van der Waals surface area contributed by atoms with Gasteiger partial charge in [-0.15, -0.1) is 11.3 Å². The highest BCUT2D eigenvalue weighted by Crippen LogP contribution is 2.31. The van der Waals surface area contributed by atoms with Crippen LogP contribution in [0.15, 0.2) is 29.4 Å². The van der Waals surface area contributed by atoms with Gasteiger partial charge < -0.3 is 9.30 Å². The van der Waals surface area contributed by atoms with Crippen LogP contribution >= 0.6 is 22.9 Å². The standard InChI is InChI=1S/C21H27ClN2O2S/c1-13(2)11-24-12-18(21(3,4)5)27-20(24)23-19(25)16-10-14(22)6-9-17(16)26-15-7-8-15/h6,9-10,12-13,15H,7-8,11H2,1-5H3. The van der Waals surface area contributed by atoms with E-state index in [9.17, 15) is 4.79 Å². The number of hydrogen-bond donors (Lipinski definition) is 0. The minimum Gasteiger partial charge on any atom is -0.490 e. The third-order valence-electron chi connectivity index (χ3n) is 4.21. The Bertz CT molecular complexity index is 902. The zero-order valence-corrected chi connectivity index (χ0v) is 18.2. The van der Waals surface area contributed by atoms with E-state index in [0.717, 1.165) is 24.2 Å². The average Bonchev–Trinajstić information content (AvgIpc) is 3.28. The van der Waals surface area contributed by atoms with Crippen LogP contribution in [-0.4, -0.2) is 16.6 Å². The van der Waals surface area contributed by atoms with Crippen molar-refractivity contribution in [1.29, 1.82) is 0 Å². The first-order chi connectivity index (χ1) is 12.6. The van der Waals surface area contributed by atoms with Crippen molar-refractivity contribution in [3.8, 4) is 5.75 Å². The van der Waals surface area contributed by atoms with Gasteiger partial charge in [0.15, 0.2) is 4.80 Å². The lowest BCUT2D eigenvalue weighted by atomic mass is 9.95. The van der Waals surface area contributed by atoms with E-state index < -0.39 is 0 Å². The third-order valence-corrected chi connectivity index (χ3v) is 5.89. The van der Waals surface area contributed by atoms with E-state index in [1.165, 1.54) is 4.88 Å². The zero-order valence-electron chi connectivity index (χ0n) is 16.6. The minimum absolute atomic E-state index is 0.0104. The third kappa shape index (κ3) is 5.23. The van der Waals surface area contributed by atoms with Gasteiger partial charge in [0, 0.05) is 22.6 Å². The first-order valence-corrected chi connectivity index (χ1v) is 10.6.